The average molecular weight is 777 g/mol. The van der Waals surface area contributed by atoms with Crippen molar-refractivity contribution in [3.63, 3.8) is 0 Å². The van der Waals surface area contributed by atoms with Crippen LogP contribution in [0.4, 0.5) is 17.1 Å². The fourth-order valence-corrected chi connectivity index (χ4v) is 11.1. The van der Waals surface area contributed by atoms with Gasteiger partial charge in [0.25, 0.3) is 0 Å². The zero-order chi connectivity index (χ0) is 40.1. The van der Waals surface area contributed by atoms with E-state index in [1.807, 2.05) is 0 Å². The molecule has 0 fully saturated rings. The first kappa shape index (κ1) is 34.2. The molecule has 10 aromatic rings. The molecule has 13 rings (SSSR count). The smallest absolute Gasteiger partial charge is 0.0688 e. The second-order valence-corrected chi connectivity index (χ2v) is 16.7. The third kappa shape index (κ3) is 4.91. The Balaban J connectivity index is 0.968. The van der Waals surface area contributed by atoms with Gasteiger partial charge in [-0.15, -0.1) is 0 Å². The molecule has 2 nitrogen and oxygen atoms in total. The summed E-state index contributed by atoms with van der Waals surface area (Å²) in [7, 11) is 0. The van der Waals surface area contributed by atoms with Crippen molar-refractivity contribution >= 4 is 55.2 Å². The summed E-state index contributed by atoms with van der Waals surface area (Å²) in [5.41, 5.74) is 20.3. The van der Waals surface area contributed by atoms with Gasteiger partial charge in [0.15, 0.2) is 0 Å². The summed E-state index contributed by atoms with van der Waals surface area (Å²) in [6.07, 6.45) is 6.89. The van der Waals surface area contributed by atoms with E-state index >= 15 is 0 Å². The quantitative estimate of drug-likeness (QED) is 0.169. The van der Waals surface area contributed by atoms with E-state index in [2.05, 4.69) is 228 Å². The standard InChI is InChI=1S/C59H40N2/c1-2-16-43(17-3-1)61-57-25-13-9-21-51(57)52-35-33-46(38-58(52)61)60(45-32-28-39-14-4-5-15-41(39)36-45)44-30-26-40(27-31-44)42-29-34-50-49-20-8-12-24-55(49)59(56(50)37-42)53-22-10-6-18-47(53)48-19-7-11-23-54(48)59/h1-11,13-23,25-38H,12,24H2. The van der Waals surface area contributed by atoms with Crippen LogP contribution in [0, 0.1) is 0 Å². The molecule has 0 atom stereocenters. The highest BCUT2D eigenvalue weighted by Gasteiger charge is 2.52. The Bertz CT molecular complexity index is 3430. The van der Waals surface area contributed by atoms with Gasteiger partial charge >= 0.3 is 0 Å². The molecular formula is C59H40N2. The van der Waals surface area contributed by atoms with Gasteiger partial charge in [0.1, 0.15) is 0 Å². The molecule has 1 spiro atoms. The Hall–Kier alpha value is -7.68. The second kappa shape index (κ2) is 13.2. The predicted molar refractivity (Wildman–Crippen MR) is 255 cm³/mol. The second-order valence-electron chi connectivity index (χ2n) is 16.7. The minimum atomic E-state index is -0.285. The topological polar surface area (TPSA) is 8.17 Å². The summed E-state index contributed by atoms with van der Waals surface area (Å²) in [6, 6.07) is 76.6. The van der Waals surface area contributed by atoms with Crippen molar-refractivity contribution in [1.29, 1.82) is 0 Å². The van der Waals surface area contributed by atoms with E-state index in [1.54, 1.807) is 5.57 Å². The molecule has 286 valence electrons. The first-order valence-electron chi connectivity index (χ1n) is 21.5. The van der Waals surface area contributed by atoms with Gasteiger partial charge < -0.3 is 9.47 Å². The van der Waals surface area contributed by atoms with Crippen LogP contribution in [0.15, 0.2) is 224 Å². The van der Waals surface area contributed by atoms with Crippen LogP contribution in [0.1, 0.15) is 35.1 Å². The summed E-state index contributed by atoms with van der Waals surface area (Å²) < 4.78 is 2.40. The first-order chi connectivity index (χ1) is 30.3. The van der Waals surface area contributed by atoms with E-state index in [9.17, 15) is 0 Å². The summed E-state index contributed by atoms with van der Waals surface area (Å²) >= 11 is 0. The molecule has 1 heterocycles. The fourth-order valence-electron chi connectivity index (χ4n) is 11.1. The molecule has 0 unspecified atom stereocenters. The lowest BCUT2D eigenvalue weighted by atomic mass is 9.68. The van der Waals surface area contributed by atoms with Gasteiger partial charge in [0.05, 0.1) is 16.4 Å². The Morgan fingerprint density at radius 2 is 1.07 bits per heavy atom. The highest BCUT2D eigenvalue weighted by Crippen LogP contribution is 2.63. The number of para-hydroxylation sites is 2. The van der Waals surface area contributed by atoms with Crippen molar-refractivity contribution < 1.29 is 0 Å². The molecule has 1 aromatic heterocycles. The van der Waals surface area contributed by atoms with Crippen molar-refractivity contribution in [1.82, 2.24) is 4.57 Å². The molecular weight excluding hydrogens is 737 g/mol. The number of benzene rings is 9. The predicted octanol–water partition coefficient (Wildman–Crippen LogP) is 15.5. The number of hydrogen-bond acceptors (Lipinski definition) is 1. The Labute approximate surface area is 355 Å². The van der Waals surface area contributed by atoms with Crippen LogP contribution < -0.4 is 4.90 Å². The van der Waals surface area contributed by atoms with Crippen molar-refractivity contribution in [2.75, 3.05) is 4.90 Å². The van der Waals surface area contributed by atoms with Crippen molar-refractivity contribution in [2.24, 2.45) is 0 Å². The lowest BCUT2D eigenvalue weighted by Crippen LogP contribution is -2.27. The number of nitrogens with zero attached hydrogens (tertiary/aromatic N) is 2. The van der Waals surface area contributed by atoms with E-state index in [0.717, 1.165) is 35.6 Å². The molecule has 0 bridgehead atoms. The molecule has 0 aliphatic heterocycles. The van der Waals surface area contributed by atoms with Crippen LogP contribution in [0.3, 0.4) is 0 Å². The SMILES string of the molecule is C1=CC2=C(CC1)C1(c3cc(-c4ccc(N(c5ccc6ccccc6c5)c5ccc6c7ccccc7n(-c7ccccc7)c6c5)cc4)ccc32)c2ccccc2-c2ccccc21. The van der Waals surface area contributed by atoms with E-state index < -0.39 is 0 Å². The lowest BCUT2D eigenvalue weighted by molar-refractivity contribution is 0.714. The highest BCUT2D eigenvalue weighted by molar-refractivity contribution is 6.10. The number of aromatic nitrogens is 1. The van der Waals surface area contributed by atoms with Gasteiger partial charge in [-0.25, -0.2) is 0 Å². The van der Waals surface area contributed by atoms with Crippen LogP contribution >= 0.6 is 0 Å². The van der Waals surface area contributed by atoms with Crippen LogP contribution in [0.25, 0.3) is 66.1 Å². The van der Waals surface area contributed by atoms with Gasteiger partial charge in [-0.1, -0.05) is 158 Å². The number of allylic oxidation sites excluding steroid dienone is 4. The zero-order valence-electron chi connectivity index (χ0n) is 33.6. The molecule has 9 aromatic carbocycles. The zero-order valence-corrected chi connectivity index (χ0v) is 33.6. The summed E-state index contributed by atoms with van der Waals surface area (Å²) in [5, 5.41) is 4.94. The van der Waals surface area contributed by atoms with Crippen LogP contribution in [0.2, 0.25) is 0 Å². The number of rotatable bonds is 5. The first-order valence-corrected chi connectivity index (χ1v) is 21.5. The highest BCUT2D eigenvalue weighted by atomic mass is 15.1. The van der Waals surface area contributed by atoms with Crippen LogP contribution in [-0.2, 0) is 5.41 Å². The molecule has 0 N–H and O–H groups in total. The fraction of sp³-hybridized carbons (Fsp3) is 0.0508. The molecule has 2 heteroatoms. The summed E-state index contributed by atoms with van der Waals surface area (Å²) in [5.74, 6) is 0. The minimum absolute atomic E-state index is 0.285. The average Bonchev–Trinajstić information content (AvgIpc) is 3.93. The molecule has 3 aliphatic carbocycles. The number of fused-ring (bicyclic) bond motifs is 13. The minimum Gasteiger partial charge on any atom is -0.310 e. The van der Waals surface area contributed by atoms with E-state index in [1.165, 1.54) is 82.7 Å². The monoisotopic (exact) mass is 776 g/mol. The van der Waals surface area contributed by atoms with Gasteiger partial charge in [0.2, 0.25) is 0 Å². The van der Waals surface area contributed by atoms with Crippen molar-refractivity contribution in [3.05, 3.63) is 246 Å². The largest absolute Gasteiger partial charge is 0.310 e. The maximum absolute atomic E-state index is 2.51. The molecule has 0 saturated carbocycles. The molecule has 0 saturated heterocycles. The lowest BCUT2D eigenvalue weighted by Gasteiger charge is -2.33. The Morgan fingerprint density at radius 1 is 0.426 bits per heavy atom. The summed E-state index contributed by atoms with van der Waals surface area (Å²) in [4.78, 5) is 2.41. The van der Waals surface area contributed by atoms with Gasteiger partial charge in [-0.3, -0.25) is 0 Å². The molecule has 61 heavy (non-hydrogen) atoms. The molecule has 3 aliphatic rings. The third-order valence-corrected chi connectivity index (χ3v) is 13.7. The number of anilines is 3. The van der Waals surface area contributed by atoms with Gasteiger partial charge in [-0.05, 0) is 140 Å². The Kier molecular flexibility index (Phi) is 7.38. The number of hydrogen-bond donors (Lipinski definition) is 0. The van der Waals surface area contributed by atoms with E-state index in [-0.39, 0.29) is 5.41 Å². The summed E-state index contributed by atoms with van der Waals surface area (Å²) in [6.45, 7) is 0. The van der Waals surface area contributed by atoms with E-state index in [4.69, 9.17) is 0 Å². The Morgan fingerprint density at radius 3 is 1.89 bits per heavy atom. The molecule has 0 radical (unpaired) electrons. The normalized spacial score (nSPS) is 14.4. The maximum Gasteiger partial charge on any atom is 0.0688 e. The van der Waals surface area contributed by atoms with E-state index in [0.29, 0.717) is 0 Å². The maximum atomic E-state index is 2.51. The van der Waals surface area contributed by atoms with Crippen molar-refractivity contribution in [3.8, 4) is 27.9 Å². The van der Waals surface area contributed by atoms with Crippen molar-refractivity contribution in [2.45, 2.75) is 18.3 Å². The van der Waals surface area contributed by atoms with Crippen LogP contribution in [-0.4, -0.2) is 4.57 Å². The third-order valence-electron chi connectivity index (χ3n) is 13.7. The van der Waals surface area contributed by atoms with Gasteiger partial charge in [-0.2, -0.15) is 0 Å². The van der Waals surface area contributed by atoms with Gasteiger partial charge in [0, 0.05) is 33.5 Å². The molecule has 0 amide bonds. The van der Waals surface area contributed by atoms with Crippen LogP contribution in [0.5, 0.6) is 0 Å².